The van der Waals surface area contributed by atoms with Crippen molar-refractivity contribution in [3.63, 3.8) is 0 Å². The molecule has 7 nitrogen and oxygen atoms in total. The van der Waals surface area contributed by atoms with Gasteiger partial charge in [-0.1, -0.05) is 0 Å². The molecule has 0 aliphatic heterocycles. The van der Waals surface area contributed by atoms with Crippen LogP contribution in [0.3, 0.4) is 0 Å². The second kappa shape index (κ2) is 7.08. The molecule has 2 atom stereocenters. The van der Waals surface area contributed by atoms with E-state index in [0.717, 1.165) is 0 Å². The second-order valence-corrected chi connectivity index (χ2v) is 5.21. The van der Waals surface area contributed by atoms with E-state index in [2.05, 4.69) is 10.6 Å². The Morgan fingerprint density at radius 3 is 2.05 bits per heavy atom. The monoisotopic (exact) mass is 274 g/mol. The van der Waals surface area contributed by atoms with Crippen LogP contribution in [0.15, 0.2) is 0 Å². The highest BCUT2D eigenvalue weighted by Crippen LogP contribution is 2.08. The molecular weight excluding hydrogens is 252 g/mol. The normalized spacial score (nSPS) is 14.2. The van der Waals surface area contributed by atoms with Crippen LogP contribution in [0.5, 0.6) is 0 Å². The highest BCUT2D eigenvalue weighted by atomic mass is 16.6. The Kier molecular flexibility index (Phi) is 6.47. The first-order chi connectivity index (χ1) is 8.56. The molecular formula is C12H22N2O5. The molecule has 0 heterocycles. The topological polar surface area (TPSA) is 105 Å². The quantitative estimate of drug-likeness (QED) is 0.577. The maximum Gasteiger partial charge on any atom is 0.328 e. The maximum absolute atomic E-state index is 11.7. The van der Waals surface area contributed by atoms with Crippen molar-refractivity contribution >= 4 is 17.8 Å². The fourth-order valence-electron chi connectivity index (χ4n) is 1.14. The molecule has 0 aromatic rings. The van der Waals surface area contributed by atoms with E-state index in [0.29, 0.717) is 0 Å². The Hall–Kier alpha value is -1.63. The van der Waals surface area contributed by atoms with Gasteiger partial charge in [0.25, 0.3) is 0 Å². The van der Waals surface area contributed by atoms with Gasteiger partial charge in [-0.3, -0.25) is 9.59 Å². The molecule has 3 N–H and O–H groups in total. The minimum atomic E-state index is -0.843. The first-order valence-corrected chi connectivity index (χ1v) is 6.00. The molecule has 0 saturated heterocycles. The van der Waals surface area contributed by atoms with E-state index in [4.69, 9.17) is 9.84 Å². The summed E-state index contributed by atoms with van der Waals surface area (Å²) in [5.41, 5.74) is -0.632. The Labute approximate surface area is 112 Å². The molecule has 0 aliphatic rings. The standard InChI is InChI=1S/C12H22N2O5/c1-7(13-9(16)6-15)10(17)14-8(2)11(18)19-12(3,4)5/h7-8,15H,6H2,1-5H3,(H,13,16)(H,14,17)/t7-,8-/m0/s1. The molecule has 0 aromatic heterocycles. The summed E-state index contributed by atoms with van der Waals surface area (Å²) in [6.45, 7) is 7.42. The molecule has 0 spiro atoms. The molecule has 2 amide bonds. The highest BCUT2D eigenvalue weighted by molar-refractivity contribution is 5.90. The first kappa shape index (κ1) is 17.4. The number of amides is 2. The number of aliphatic hydroxyl groups is 1. The van der Waals surface area contributed by atoms with Gasteiger partial charge in [0.15, 0.2) is 0 Å². The van der Waals surface area contributed by atoms with Gasteiger partial charge in [0.05, 0.1) is 0 Å². The Morgan fingerprint density at radius 1 is 1.11 bits per heavy atom. The summed E-state index contributed by atoms with van der Waals surface area (Å²) in [6, 6.07) is -1.66. The van der Waals surface area contributed by atoms with Gasteiger partial charge >= 0.3 is 5.97 Å². The zero-order valence-electron chi connectivity index (χ0n) is 11.9. The third kappa shape index (κ3) is 7.40. The van der Waals surface area contributed by atoms with E-state index in [1.807, 2.05) is 0 Å². The van der Waals surface area contributed by atoms with Crippen molar-refractivity contribution in [3.05, 3.63) is 0 Å². The molecule has 0 aliphatic carbocycles. The van der Waals surface area contributed by atoms with Gasteiger partial charge in [-0.25, -0.2) is 4.79 Å². The van der Waals surface area contributed by atoms with Crippen LogP contribution < -0.4 is 10.6 Å². The SMILES string of the molecule is C[C@H](NC(=O)CO)C(=O)N[C@@H](C)C(=O)OC(C)(C)C. The molecule has 0 radical (unpaired) electrons. The number of nitrogens with one attached hydrogen (secondary N) is 2. The minimum absolute atomic E-state index is 0.528. The molecule has 0 rings (SSSR count). The van der Waals surface area contributed by atoms with E-state index in [1.165, 1.54) is 13.8 Å². The van der Waals surface area contributed by atoms with Gasteiger partial charge < -0.3 is 20.5 Å². The van der Waals surface area contributed by atoms with Crippen LogP contribution in [0.2, 0.25) is 0 Å². The summed E-state index contributed by atoms with van der Waals surface area (Å²) in [5, 5.41) is 13.2. The summed E-state index contributed by atoms with van der Waals surface area (Å²) < 4.78 is 5.10. The molecule has 0 bridgehead atoms. The number of carbonyl (C=O) groups is 3. The van der Waals surface area contributed by atoms with Crippen molar-refractivity contribution in [2.45, 2.75) is 52.3 Å². The van der Waals surface area contributed by atoms with Crippen LogP contribution in [0.25, 0.3) is 0 Å². The van der Waals surface area contributed by atoms with Crippen LogP contribution in [-0.4, -0.2) is 47.2 Å². The number of hydrogen-bond donors (Lipinski definition) is 3. The fraction of sp³-hybridized carbons (Fsp3) is 0.750. The number of rotatable bonds is 5. The summed E-state index contributed by atoms with van der Waals surface area (Å²) >= 11 is 0. The Balaban J connectivity index is 4.32. The van der Waals surface area contributed by atoms with E-state index < -0.39 is 42.1 Å². The molecule has 0 fully saturated rings. The molecule has 0 unspecified atom stereocenters. The Morgan fingerprint density at radius 2 is 1.63 bits per heavy atom. The van der Waals surface area contributed by atoms with Crippen molar-refractivity contribution in [1.82, 2.24) is 10.6 Å². The van der Waals surface area contributed by atoms with Crippen LogP contribution in [0, 0.1) is 0 Å². The van der Waals surface area contributed by atoms with Crippen molar-refractivity contribution in [3.8, 4) is 0 Å². The second-order valence-electron chi connectivity index (χ2n) is 5.21. The van der Waals surface area contributed by atoms with Crippen molar-refractivity contribution < 1.29 is 24.2 Å². The van der Waals surface area contributed by atoms with Gasteiger partial charge in [-0.15, -0.1) is 0 Å². The van der Waals surface area contributed by atoms with Crippen LogP contribution in [0.1, 0.15) is 34.6 Å². The first-order valence-electron chi connectivity index (χ1n) is 6.00. The molecule has 0 aromatic carbocycles. The van der Waals surface area contributed by atoms with Crippen LogP contribution in [-0.2, 0) is 19.1 Å². The lowest BCUT2D eigenvalue weighted by molar-refractivity contribution is -0.158. The molecule has 7 heteroatoms. The molecule has 19 heavy (non-hydrogen) atoms. The van der Waals surface area contributed by atoms with Gasteiger partial charge in [0.1, 0.15) is 24.3 Å². The van der Waals surface area contributed by atoms with E-state index in [-0.39, 0.29) is 0 Å². The fourth-order valence-corrected chi connectivity index (χ4v) is 1.14. The van der Waals surface area contributed by atoms with Crippen molar-refractivity contribution in [2.24, 2.45) is 0 Å². The summed E-state index contributed by atoms with van der Waals surface area (Å²) in [6.07, 6.45) is 0. The largest absolute Gasteiger partial charge is 0.458 e. The number of hydrogen-bond acceptors (Lipinski definition) is 5. The van der Waals surface area contributed by atoms with Gasteiger partial charge in [0.2, 0.25) is 11.8 Å². The number of ether oxygens (including phenoxy) is 1. The van der Waals surface area contributed by atoms with Gasteiger partial charge in [0, 0.05) is 0 Å². The lowest BCUT2D eigenvalue weighted by Crippen LogP contribution is -2.50. The summed E-state index contributed by atoms with van der Waals surface area (Å²) in [4.78, 5) is 34.2. The third-order valence-electron chi connectivity index (χ3n) is 2.03. The van der Waals surface area contributed by atoms with Gasteiger partial charge in [-0.2, -0.15) is 0 Å². The predicted octanol–water partition coefficient (Wildman–Crippen LogP) is -0.670. The highest BCUT2D eigenvalue weighted by Gasteiger charge is 2.25. The zero-order valence-corrected chi connectivity index (χ0v) is 11.9. The van der Waals surface area contributed by atoms with Crippen LogP contribution >= 0.6 is 0 Å². The zero-order chi connectivity index (χ0) is 15.2. The molecule has 110 valence electrons. The van der Waals surface area contributed by atoms with E-state index in [9.17, 15) is 14.4 Å². The number of carbonyl (C=O) groups excluding carboxylic acids is 3. The average Bonchev–Trinajstić information content (AvgIpc) is 2.26. The summed E-state index contributed by atoms with van der Waals surface area (Å²) in [5.74, 6) is -1.74. The maximum atomic E-state index is 11.7. The summed E-state index contributed by atoms with van der Waals surface area (Å²) in [7, 11) is 0. The van der Waals surface area contributed by atoms with Crippen molar-refractivity contribution in [1.29, 1.82) is 0 Å². The average molecular weight is 274 g/mol. The number of aliphatic hydroxyl groups excluding tert-OH is 1. The number of esters is 1. The third-order valence-corrected chi connectivity index (χ3v) is 2.03. The smallest absolute Gasteiger partial charge is 0.328 e. The Bertz CT molecular complexity index is 349. The predicted molar refractivity (Wildman–Crippen MR) is 68.1 cm³/mol. The van der Waals surface area contributed by atoms with Crippen molar-refractivity contribution in [2.75, 3.05) is 6.61 Å². The molecule has 0 saturated carbocycles. The van der Waals surface area contributed by atoms with Gasteiger partial charge in [-0.05, 0) is 34.6 Å². The lowest BCUT2D eigenvalue weighted by Gasteiger charge is -2.23. The van der Waals surface area contributed by atoms with E-state index >= 15 is 0 Å². The minimum Gasteiger partial charge on any atom is -0.458 e. The van der Waals surface area contributed by atoms with E-state index in [1.54, 1.807) is 20.8 Å². The lowest BCUT2D eigenvalue weighted by atomic mass is 10.2. The van der Waals surface area contributed by atoms with Crippen LogP contribution in [0.4, 0.5) is 0 Å².